The van der Waals surface area contributed by atoms with Crippen LogP contribution in [-0.4, -0.2) is 30.1 Å². The van der Waals surface area contributed by atoms with Gasteiger partial charge in [-0.05, 0) is 31.6 Å². The predicted molar refractivity (Wildman–Crippen MR) is 100 cm³/mol. The van der Waals surface area contributed by atoms with E-state index in [4.69, 9.17) is 9.15 Å². The van der Waals surface area contributed by atoms with Gasteiger partial charge in [0.1, 0.15) is 11.6 Å². The molecule has 1 aromatic carbocycles. The highest BCUT2D eigenvalue weighted by molar-refractivity contribution is 6.08. The molecule has 0 fully saturated rings. The van der Waals surface area contributed by atoms with E-state index in [2.05, 4.69) is 20.3 Å². The lowest BCUT2D eigenvalue weighted by molar-refractivity contribution is 0.0948. The zero-order valence-electron chi connectivity index (χ0n) is 15.2. The highest BCUT2D eigenvalue weighted by Gasteiger charge is 2.24. The molecule has 1 amide bonds. The van der Waals surface area contributed by atoms with Crippen molar-refractivity contribution < 1.29 is 13.9 Å². The highest BCUT2D eigenvalue weighted by atomic mass is 16.5. The molecular weight excluding hydrogens is 332 g/mol. The molecule has 0 saturated heterocycles. The van der Waals surface area contributed by atoms with Crippen LogP contribution in [0.2, 0.25) is 0 Å². The minimum atomic E-state index is -0.375. The maximum absolute atomic E-state index is 12.3. The summed E-state index contributed by atoms with van der Waals surface area (Å²) in [4.78, 5) is 25.0. The van der Waals surface area contributed by atoms with Crippen LogP contribution >= 0.6 is 0 Å². The molecule has 0 unspecified atom stereocenters. The van der Waals surface area contributed by atoms with Gasteiger partial charge >= 0.3 is 0 Å². The van der Waals surface area contributed by atoms with Gasteiger partial charge in [0.05, 0.1) is 19.0 Å². The van der Waals surface area contributed by atoms with Crippen LogP contribution in [0, 0.1) is 6.92 Å². The molecule has 3 rings (SSSR count). The van der Waals surface area contributed by atoms with E-state index >= 15 is 0 Å². The minimum Gasteiger partial charge on any atom is -0.496 e. The standard InChI is InChI=1S/C19H20N4O3/c1-5-20-9-11(2)13-6-7-15(25-4)14-8-17(22-18(13)14)23-19(24)16-10-21-12(3)26-16/h5-7,9-10H,8H2,1-4H3,(H,22,23,24)/b11-9+,20-5?. The van der Waals surface area contributed by atoms with E-state index in [9.17, 15) is 4.79 Å². The number of aliphatic imine (C=N–C) groups is 2. The van der Waals surface area contributed by atoms with Crippen molar-refractivity contribution in [3.8, 4) is 5.75 Å². The number of amidine groups is 1. The summed E-state index contributed by atoms with van der Waals surface area (Å²) in [6, 6.07) is 3.85. The number of nitrogens with one attached hydrogen (secondary N) is 1. The molecule has 1 aromatic heterocycles. The number of carbonyl (C=O) groups excluding carboxylic acids is 1. The molecule has 2 aromatic rings. The quantitative estimate of drug-likeness (QED) is 0.853. The second-order valence-electron chi connectivity index (χ2n) is 5.79. The third kappa shape index (κ3) is 3.42. The fourth-order valence-electron chi connectivity index (χ4n) is 2.75. The van der Waals surface area contributed by atoms with Crippen LogP contribution in [0.5, 0.6) is 5.75 Å². The van der Waals surface area contributed by atoms with Crippen molar-refractivity contribution in [1.29, 1.82) is 0 Å². The first kappa shape index (κ1) is 17.6. The number of rotatable bonds is 4. The molecule has 2 heterocycles. The molecule has 0 aliphatic carbocycles. The van der Waals surface area contributed by atoms with Gasteiger partial charge in [0.25, 0.3) is 5.91 Å². The Labute approximate surface area is 151 Å². The van der Waals surface area contributed by atoms with Crippen LogP contribution in [0.3, 0.4) is 0 Å². The summed E-state index contributed by atoms with van der Waals surface area (Å²) in [5, 5.41) is 2.79. The van der Waals surface area contributed by atoms with Crippen LogP contribution in [0.4, 0.5) is 5.69 Å². The van der Waals surface area contributed by atoms with Crippen molar-refractivity contribution in [3.63, 3.8) is 0 Å². The maximum Gasteiger partial charge on any atom is 0.294 e. The Bertz CT molecular complexity index is 938. The normalized spacial score (nSPS) is 13.7. The summed E-state index contributed by atoms with van der Waals surface area (Å²) >= 11 is 0. The molecule has 0 spiro atoms. The molecule has 0 bridgehead atoms. The van der Waals surface area contributed by atoms with E-state index in [0.717, 1.165) is 28.1 Å². The second kappa shape index (κ2) is 7.35. The summed E-state index contributed by atoms with van der Waals surface area (Å²) in [5.41, 5.74) is 3.64. The number of allylic oxidation sites excluding steroid dienone is 1. The van der Waals surface area contributed by atoms with Gasteiger partial charge in [-0.2, -0.15) is 0 Å². The minimum absolute atomic E-state index is 0.154. The largest absolute Gasteiger partial charge is 0.496 e. The van der Waals surface area contributed by atoms with Gasteiger partial charge in [0.15, 0.2) is 5.89 Å². The Hall–Kier alpha value is -3.22. The van der Waals surface area contributed by atoms with Crippen LogP contribution in [0.1, 0.15) is 41.4 Å². The number of amides is 1. The zero-order chi connectivity index (χ0) is 18.7. The Morgan fingerprint density at radius 1 is 1.42 bits per heavy atom. The van der Waals surface area contributed by atoms with E-state index in [1.165, 1.54) is 6.20 Å². The van der Waals surface area contributed by atoms with Crippen molar-refractivity contribution >= 4 is 29.2 Å². The number of methoxy groups -OCH3 is 1. The molecule has 26 heavy (non-hydrogen) atoms. The third-order valence-electron chi connectivity index (χ3n) is 4.00. The average Bonchev–Trinajstić information content (AvgIpc) is 3.24. The van der Waals surface area contributed by atoms with Gasteiger partial charge in [-0.25, -0.2) is 9.98 Å². The first-order valence-corrected chi connectivity index (χ1v) is 8.19. The number of hydrogen-bond donors (Lipinski definition) is 1. The number of hydrogen-bond acceptors (Lipinski definition) is 6. The summed E-state index contributed by atoms with van der Waals surface area (Å²) in [5.74, 6) is 1.49. The van der Waals surface area contributed by atoms with Crippen molar-refractivity contribution in [2.45, 2.75) is 27.2 Å². The smallest absolute Gasteiger partial charge is 0.294 e. The molecule has 0 atom stereocenters. The first-order valence-electron chi connectivity index (χ1n) is 8.19. The van der Waals surface area contributed by atoms with Gasteiger partial charge < -0.3 is 14.5 Å². The first-order chi connectivity index (χ1) is 12.5. The van der Waals surface area contributed by atoms with Gasteiger partial charge in [-0.1, -0.05) is 0 Å². The number of carbonyl (C=O) groups is 1. The number of fused-ring (bicyclic) bond motifs is 1. The van der Waals surface area contributed by atoms with Crippen LogP contribution in [-0.2, 0) is 6.42 Å². The van der Waals surface area contributed by atoms with E-state index in [-0.39, 0.29) is 11.7 Å². The monoisotopic (exact) mass is 352 g/mol. The molecule has 1 aliphatic rings. The zero-order valence-corrected chi connectivity index (χ0v) is 15.2. The lowest BCUT2D eigenvalue weighted by Crippen LogP contribution is -2.30. The number of aryl methyl sites for hydroxylation is 1. The van der Waals surface area contributed by atoms with E-state index in [1.54, 1.807) is 26.4 Å². The molecular formula is C19H20N4O3. The van der Waals surface area contributed by atoms with Crippen molar-refractivity contribution in [1.82, 2.24) is 10.3 Å². The van der Waals surface area contributed by atoms with Gasteiger partial charge in [-0.15, -0.1) is 0 Å². The Kier molecular flexibility index (Phi) is 4.97. The number of aromatic nitrogens is 1. The lowest BCUT2D eigenvalue weighted by Gasteiger charge is -2.10. The van der Waals surface area contributed by atoms with Crippen LogP contribution in [0.25, 0.3) is 5.57 Å². The van der Waals surface area contributed by atoms with Crippen LogP contribution < -0.4 is 10.1 Å². The van der Waals surface area contributed by atoms with Gasteiger partial charge in [0.2, 0.25) is 5.76 Å². The van der Waals surface area contributed by atoms with E-state index in [1.807, 2.05) is 26.0 Å². The topological polar surface area (TPSA) is 89.1 Å². The van der Waals surface area contributed by atoms with Crippen molar-refractivity contribution in [2.24, 2.45) is 9.98 Å². The molecule has 7 nitrogen and oxygen atoms in total. The average molecular weight is 352 g/mol. The third-order valence-corrected chi connectivity index (χ3v) is 4.00. The Morgan fingerprint density at radius 2 is 2.23 bits per heavy atom. The molecule has 1 aliphatic heterocycles. The summed E-state index contributed by atoms with van der Waals surface area (Å²) < 4.78 is 10.7. The van der Waals surface area contributed by atoms with Gasteiger partial charge in [-0.3, -0.25) is 9.79 Å². The number of ether oxygens (including phenoxy) is 1. The SMILES string of the molecule is CC=N/C=C(\C)c1ccc(OC)c2c1N=C(NC(=O)c1cnc(C)o1)C2. The molecule has 134 valence electrons. The Balaban J connectivity index is 1.92. The predicted octanol–water partition coefficient (Wildman–Crippen LogP) is 3.46. The second-order valence-corrected chi connectivity index (χ2v) is 5.79. The molecule has 0 saturated carbocycles. The molecule has 0 radical (unpaired) electrons. The van der Waals surface area contributed by atoms with E-state index in [0.29, 0.717) is 18.1 Å². The van der Waals surface area contributed by atoms with Crippen molar-refractivity contribution in [3.05, 3.63) is 47.3 Å². The van der Waals surface area contributed by atoms with Gasteiger partial charge in [0, 0.05) is 36.9 Å². The summed E-state index contributed by atoms with van der Waals surface area (Å²) in [7, 11) is 1.62. The number of benzene rings is 1. The Morgan fingerprint density at radius 3 is 2.88 bits per heavy atom. The molecule has 7 heteroatoms. The lowest BCUT2D eigenvalue weighted by atomic mass is 10.0. The summed E-state index contributed by atoms with van der Waals surface area (Å²) in [6.45, 7) is 5.52. The maximum atomic E-state index is 12.3. The van der Waals surface area contributed by atoms with Crippen LogP contribution in [0.15, 0.2) is 38.9 Å². The number of oxazole rings is 1. The highest BCUT2D eigenvalue weighted by Crippen LogP contribution is 2.40. The summed E-state index contributed by atoms with van der Waals surface area (Å²) in [6.07, 6.45) is 5.37. The fraction of sp³-hybridized carbons (Fsp3) is 0.263. The number of nitrogens with zero attached hydrogens (tertiary/aromatic N) is 3. The van der Waals surface area contributed by atoms with Crippen molar-refractivity contribution in [2.75, 3.05) is 7.11 Å². The molecule has 1 N–H and O–H groups in total. The van der Waals surface area contributed by atoms with E-state index < -0.39 is 0 Å². The fourth-order valence-corrected chi connectivity index (χ4v) is 2.75.